The van der Waals surface area contributed by atoms with Gasteiger partial charge in [0.1, 0.15) is 5.75 Å². The number of amides is 1. The van der Waals surface area contributed by atoms with E-state index in [2.05, 4.69) is 5.32 Å². The number of benzene rings is 1. The molecule has 1 saturated carbocycles. The third-order valence-electron chi connectivity index (χ3n) is 5.14. The van der Waals surface area contributed by atoms with Gasteiger partial charge < -0.3 is 10.4 Å². The van der Waals surface area contributed by atoms with E-state index in [1.807, 2.05) is 0 Å². The average Bonchev–Trinajstić information content (AvgIpc) is 3.13. The van der Waals surface area contributed by atoms with Crippen molar-refractivity contribution in [2.75, 3.05) is 18.4 Å². The van der Waals surface area contributed by atoms with Crippen molar-refractivity contribution in [2.45, 2.75) is 56.3 Å². The number of nitrogens with zero attached hydrogens (tertiary/aromatic N) is 1. The van der Waals surface area contributed by atoms with Gasteiger partial charge in [-0.3, -0.25) is 4.79 Å². The average molecular weight is 366 g/mol. The molecule has 1 aromatic carbocycles. The number of rotatable bonds is 5. The topological polar surface area (TPSA) is 86.7 Å². The van der Waals surface area contributed by atoms with E-state index in [1.54, 1.807) is 0 Å². The molecule has 0 bridgehead atoms. The molecule has 0 atom stereocenters. The van der Waals surface area contributed by atoms with Crippen molar-refractivity contribution in [1.29, 1.82) is 0 Å². The molecule has 6 nitrogen and oxygen atoms in total. The zero-order valence-corrected chi connectivity index (χ0v) is 15.2. The largest absolute Gasteiger partial charge is 0.506 e. The zero-order valence-electron chi connectivity index (χ0n) is 14.4. The Morgan fingerprint density at radius 3 is 2.48 bits per heavy atom. The molecule has 0 unspecified atom stereocenters. The Morgan fingerprint density at radius 1 is 1.12 bits per heavy atom. The number of hydrogen-bond acceptors (Lipinski definition) is 4. The summed E-state index contributed by atoms with van der Waals surface area (Å²) in [7, 11) is -3.57. The highest BCUT2D eigenvalue weighted by Crippen LogP contribution is 2.31. The Kier molecular flexibility index (Phi) is 5.64. The van der Waals surface area contributed by atoms with Crippen LogP contribution < -0.4 is 5.32 Å². The maximum Gasteiger partial charge on any atom is 0.243 e. The van der Waals surface area contributed by atoms with Crippen molar-refractivity contribution >= 4 is 21.6 Å². The van der Waals surface area contributed by atoms with Crippen LogP contribution >= 0.6 is 0 Å². The fourth-order valence-electron chi connectivity index (χ4n) is 3.71. The number of carbonyl (C=O) groups excluding carboxylic acids is 1. The minimum Gasteiger partial charge on any atom is -0.506 e. The van der Waals surface area contributed by atoms with E-state index in [-0.39, 0.29) is 22.2 Å². The quantitative estimate of drug-likeness (QED) is 0.784. The summed E-state index contributed by atoms with van der Waals surface area (Å²) in [4.78, 5) is 12.4. The maximum atomic E-state index is 12.6. The van der Waals surface area contributed by atoms with Crippen molar-refractivity contribution in [3.05, 3.63) is 18.2 Å². The van der Waals surface area contributed by atoms with Crippen LogP contribution in [-0.2, 0) is 14.8 Å². The highest BCUT2D eigenvalue weighted by molar-refractivity contribution is 7.89. The molecule has 25 heavy (non-hydrogen) atoms. The first kappa shape index (κ1) is 18.2. The van der Waals surface area contributed by atoms with Crippen molar-refractivity contribution in [1.82, 2.24) is 4.31 Å². The highest BCUT2D eigenvalue weighted by Gasteiger charge is 2.28. The van der Waals surface area contributed by atoms with Gasteiger partial charge in [0.2, 0.25) is 15.9 Å². The van der Waals surface area contributed by atoms with Crippen molar-refractivity contribution in [3.8, 4) is 5.75 Å². The Bertz CT molecular complexity index is 721. The third-order valence-corrected chi connectivity index (χ3v) is 7.04. The number of hydrogen-bond donors (Lipinski definition) is 2. The van der Waals surface area contributed by atoms with E-state index in [1.165, 1.54) is 28.9 Å². The molecule has 0 spiro atoms. The predicted molar refractivity (Wildman–Crippen MR) is 95.9 cm³/mol. The lowest BCUT2D eigenvalue weighted by atomic mass is 9.87. The van der Waals surface area contributed by atoms with Crippen LogP contribution in [0.1, 0.15) is 51.4 Å². The molecule has 2 fully saturated rings. The molecule has 2 N–H and O–H groups in total. The lowest BCUT2D eigenvalue weighted by Crippen LogP contribution is -2.28. The van der Waals surface area contributed by atoms with Gasteiger partial charge in [-0.1, -0.05) is 19.3 Å². The zero-order chi connectivity index (χ0) is 17.9. The van der Waals surface area contributed by atoms with Gasteiger partial charge >= 0.3 is 0 Å². The first-order valence-electron chi connectivity index (χ1n) is 9.10. The van der Waals surface area contributed by atoms with Gasteiger partial charge in [0.25, 0.3) is 0 Å². The molecule has 138 valence electrons. The van der Waals surface area contributed by atoms with E-state index in [4.69, 9.17) is 0 Å². The summed E-state index contributed by atoms with van der Waals surface area (Å²) in [5, 5.41) is 12.7. The predicted octanol–water partition coefficient (Wildman–Crippen LogP) is 3.09. The van der Waals surface area contributed by atoms with Crippen LogP contribution in [-0.4, -0.2) is 36.8 Å². The summed E-state index contributed by atoms with van der Waals surface area (Å²) in [6.45, 7) is 1.04. The van der Waals surface area contributed by atoms with Gasteiger partial charge in [0, 0.05) is 19.5 Å². The van der Waals surface area contributed by atoms with E-state index in [0.717, 1.165) is 38.5 Å². The second-order valence-corrected chi connectivity index (χ2v) is 8.98. The number of sulfonamides is 1. The number of nitrogens with one attached hydrogen (secondary N) is 1. The molecule has 0 radical (unpaired) electrons. The van der Waals surface area contributed by atoms with Gasteiger partial charge in [-0.25, -0.2) is 8.42 Å². The summed E-state index contributed by atoms with van der Waals surface area (Å²) in [6.07, 6.45) is 7.81. The summed E-state index contributed by atoms with van der Waals surface area (Å²) in [5.41, 5.74) is 0.168. The minimum absolute atomic E-state index is 0.111. The Hall–Kier alpha value is -1.60. The van der Waals surface area contributed by atoms with Gasteiger partial charge in [0.05, 0.1) is 10.6 Å². The molecule has 2 aliphatic rings. The molecule has 1 heterocycles. The smallest absolute Gasteiger partial charge is 0.243 e. The van der Waals surface area contributed by atoms with Crippen LogP contribution in [0.15, 0.2) is 23.1 Å². The summed E-state index contributed by atoms with van der Waals surface area (Å²) in [6, 6.07) is 4.08. The SMILES string of the molecule is O=C(CC1CCCCC1)Nc1cc(S(=O)(=O)N2CCCC2)ccc1O. The Morgan fingerprint density at radius 2 is 1.80 bits per heavy atom. The molecule has 1 aromatic rings. The lowest BCUT2D eigenvalue weighted by molar-refractivity contribution is -0.117. The van der Waals surface area contributed by atoms with E-state index in [0.29, 0.717) is 25.4 Å². The van der Waals surface area contributed by atoms with Crippen molar-refractivity contribution < 1.29 is 18.3 Å². The molecule has 1 aliphatic carbocycles. The number of phenolic OH excluding ortho intramolecular Hbond substituents is 1. The number of aromatic hydroxyl groups is 1. The summed E-state index contributed by atoms with van der Waals surface area (Å²) < 4.78 is 26.7. The Labute approximate surface area is 149 Å². The van der Waals surface area contributed by atoms with Crippen LogP contribution in [0.3, 0.4) is 0 Å². The molecular formula is C18H26N2O4S. The molecular weight excluding hydrogens is 340 g/mol. The fraction of sp³-hybridized carbons (Fsp3) is 0.611. The molecule has 1 amide bonds. The van der Waals surface area contributed by atoms with Crippen LogP contribution in [0.4, 0.5) is 5.69 Å². The first-order chi connectivity index (χ1) is 12.0. The molecule has 7 heteroatoms. The van der Waals surface area contributed by atoms with E-state index < -0.39 is 10.0 Å². The molecule has 1 saturated heterocycles. The molecule has 3 rings (SSSR count). The standard InChI is InChI=1S/C18H26N2O4S/c21-17-9-8-15(25(23,24)20-10-4-5-11-20)13-16(17)19-18(22)12-14-6-2-1-3-7-14/h8-9,13-14,21H,1-7,10-12H2,(H,19,22). The van der Waals surface area contributed by atoms with Crippen molar-refractivity contribution in [2.24, 2.45) is 5.92 Å². The maximum absolute atomic E-state index is 12.6. The van der Waals surface area contributed by atoms with Crippen LogP contribution in [0.25, 0.3) is 0 Å². The third kappa shape index (κ3) is 4.33. The minimum atomic E-state index is -3.57. The van der Waals surface area contributed by atoms with Gasteiger partial charge in [-0.15, -0.1) is 0 Å². The van der Waals surface area contributed by atoms with Crippen LogP contribution in [0.5, 0.6) is 5.75 Å². The second kappa shape index (κ2) is 7.74. The van der Waals surface area contributed by atoms with Gasteiger partial charge in [-0.05, 0) is 49.8 Å². The van der Waals surface area contributed by atoms with E-state index >= 15 is 0 Å². The first-order valence-corrected chi connectivity index (χ1v) is 10.5. The lowest BCUT2D eigenvalue weighted by Gasteiger charge is -2.21. The number of phenols is 1. The summed E-state index contributed by atoms with van der Waals surface area (Å²) >= 11 is 0. The normalized spacial score (nSPS) is 19.8. The van der Waals surface area contributed by atoms with Crippen LogP contribution in [0.2, 0.25) is 0 Å². The van der Waals surface area contributed by atoms with Gasteiger partial charge in [0.15, 0.2) is 0 Å². The Balaban J connectivity index is 1.71. The second-order valence-electron chi connectivity index (χ2n) is 7.05. The van der Waals surface area contributed by atoms with Crippen LogP contribution in [0, 0.1) is 5.92 Å². The monoisotopic (exact) mass is 366 g/mol. The summed E-state index contributed by atoms with van der Waals surface area (Å²) in [5.74, 6) is 0.0997. The van der Waals surface area contributed by atoms with E-state index in [9.17, 15) is 18.3 Å². The molecule has 1 aliphatic heterocycles. The highest BCUT2D eigenvalue weighted by atomic mass is 32.2. The van der Waals surface area contributed by atoms with Gasteiger partial charge in [-0.2, -0.15) is 4.31 Å². The van der Waals surface area contributed by atoms with Crippen molar-refractivity contribution in [3.63, 3.8) is 0 Å². The number of carbonyl (C=O) groups is 1. The molecule has 0 aromatic heterocycles. The number of anilines is 1. The fourth-order valence-corrected chi connectivity index (χ4v) is 5.25.